The monoisotopic (exact) mass is 235 g/mol. The van der Waals surface area contributed by atoms with Gasteiger partial charge in [0, 0.05) is 6.08 Å². The van der Waals surface area contributed by atoms with E-state index in [0.717, 1.165) is 16.9 Å². The summed E-state index contributed by atoms with van der Waals surface area (Å²) >= 11 is 0. The average Bonchev–Trinajstić information content (AvgIpc) is 2.45. The highest BCUT2D eigenvalue weighted by atomic mass is 16.5. The average molecular weight is 235 g/mol. The van der Waals surface area contributed by atoms with Gasteiger partial charge in [-0.1, -0.05) is 42.5 Å². The van der Waals surface area contributed by atoms with Crippen LogP contribution in [0.1, 0.15) is 11.1 Å². The van der Waals surface area contributed by atoms with Gasteiger partial charge in [0.25, 0.3) is 0 Å². The Labute approximate surface area is 107 Å². The summed E-state index contributed by atoms with van der Waals surface area (Å²) < 4.78 is 5.66. The van der Waals surface area contributed by atoms with Crippen molar-refractivity contribution in [1.29, 1.82) is 5.26 Å². The summed E-state index contributed by atoms with van der Waals surface area (Å²) in [7, 11) is 0. The van der Waals surface area contributed by atoms with Crippen molar-refractivity contribution in [2.75, 3.05) is 0 Å². The minimum atomic E-state index is 0.564. The van der Waals surface area contributed by atoms with Crippen LogP contribution in [0.5, 0.6) is 5.75 Å². The van der Waals surface area contributed by atoms with Crippen LogP contribution in [-0.2, 0) is 6.61 Å². The first kappa shape index (κ1) is 11.9. The second-order valence-corrected chi connectivity index (χ2v) is 3.81. The van der Waals surface area contributed by atoms with E-state index in [1.54, 1.807) is 6.08 Å². The summed E-state index contributed by atoms with van der Waals surface area (Å²) in [6.45, 7) is 0.564. The molecule has 0 N–H and O–H groups in total. The van der Waals surface area contributed by atoms with E-state index < -0.39 is 0 Å². The molecule has 0 aliphatic carbocycles. The lowest BCUT2D eigenvalue weighted by atomic mass is 10.2. The van der Waals surface area contributed by atoms with E-state index in [0.29, 0.717) is 6.61 Å². The third kappa shape index (κ3) is 3.50. The molecule has 0 amide bonds. The Kier molecular flexibility index (Phi) is 4.16. The number of hydrogen-bond acceptors (Lipinski definition) is 2. The molecular weight excluding hydrogens is 222 g/mol. The van der Waals surface area contributed by atoms with Gasteiger partial charge in [-0.15, -0.1) is 0 Å². The summed E-state index contributed by atoms with van der Waals surface area (Å²) in [4.78, 5) is 0. The number of hydrogen-bond donors (Lipinski definition) is 0. The molecule has 0 bridgehead atoms. The Morgan fingerprint density at radius 2 is 1.72 bits per heavy atom. The van der Waals surface area contributed by atoms with Gasteiger partial charge < -0.3 is 4.74 Å². The molecule has 0 fully saturated rings. The fourth-order valence-electron chi connectivity index (χ4n) is 1.55. The molecule has 2 aromatic rings. The summed E-state index contributed by atoms with van der Waals surface area (Å²) in [5.74, 6) is 0.827. The van der Waals surface area contributed by atoms with E-state index >= 15 is 0 Å². The van der Waals surface area contributed by atoms with Gasteiger partial charge in [-0.25, -0.2) is 0 Å². The predicted molar refractivity (Wildman–Crippen MR) is 71.9 cm³/mol. The van der Waals surface area contributed by atoms with Crippen molar-refractivity contribution < 1.29 is 4.74 Å². The largest absolute Gasteiger partial charge is 0.489 e. The van der Waals surface area contributed by atoms with Crippen molar-refractivity contribution in [1.82, 2.24) is 0 Å². The van der Waals surface area contributed by atoms with Crippen LogP contribution >= 0.6 is 0 Å². The van der Waals surface area contributed by atoms with Crippen LogP contribution in [0.2, 0.25) is 0 Å². The van der Waals surface area contributed by atoms with Crippen LogP contribution in [0.4, 0.5) is 0 Å². The van der Waals surface area contributed by atoms with Crippen LogP contribution in [-0.4, -0.2) is 0 Å². The zero-order valence-electron chi connectivity index (χ0n) is 9.91. The topological polar surface area (TPSA) is 33.0 Å². The standard InChI is InChI=1S/C16H13NO/c17-12-4-7-14-8-10-16(11-9-14)18-13-15-5-2-1-3-6-15/h1-11H,13H2. The van der Waals surface area contributed by atoms with E-state index in [1.165, 1.54) is 6.08 Å². The second-order valence-electron chi connectivity index (χ2n) is 3.81. The lowest BCUT2D eigenvalue weighted by molar-refractivity contribution is 0.306. The molecule has 0 saturated carbocycles. The minimum absolute atomic E-state index is 0.564. The molecule has 0 saturated heterocycles. The highest BCUT2D eigenvalue weighted by molar-refractivity contribution is 5.52. The SMILES string of the molecule is N#CC=Cc1ccc(OCc2ccccc2)cc1. The van der Waals surface area contributed by atoms with Crippen molar-refractivity contribution in [2.45, 2.75) is 6.61 Å². The first-order chi connectivity index (χ1) is 8.88. The molecule has 0 radical (unpaired) electrons. The highest BCUT2D eigenvalue weighted by Gasteiger charge is 1.95. The zero-order valence-corrected chi connectivity index (χ0v) is 9.91. The van der Waals surface area contributed by atoms with Gasteiger partial charge in [0.2, 0.25) is 0 Å². The Morgan fingerprint density at radius 3 is 2.39 bits per heavy atom. The number of allylic oxidation sites excluding steroid dienone is 1. The first-order valence-electron chi connectivity index (χ1n) is 5.71. The van der Waals surface area contributed by atoms with Crippen molar-refractivity contribution in [2.24, 2.45) is 0 Å². The lowest BCUT2D eigenvalue weighted by Crippen LogP contribution is -1.94. The Bertz CT molecular complexity index is 550. The summed E-state index contributed by atoms with van der Waals surface area (Å²) in [6.07, 6.45) is 3.22. The van der Waals surface area contributed by atoms with Gasteiger partial charge in [0.1, 0.15) is 12.4 Å². The highest BCUT2D eigenvalue weighted by Crippen LogP contribution is 2.14. The molecule has 0 aromatic heterocycles. The fourth-order valence-corrected chi connectivity index (χ4v) is 1.55. The molecule has 18 heavy (non-hydrogen) atoms. The molecule has 0 aliphatic heterocycles. The molecule has 0 aliphatic rings. The molecule has 0 unspecified atom stereocenters. The van der Waals surface area contributed by atoms with E-state index in [-0.39, 0.29) is 0 Å². The number of benzene rings is 2. The van der Waals surface area contributed by atoms with E-state index in [2.05, 4.69) is 0 Å². The van der Waals surface area contributed by atoms with E-state index in [4.69, 9.17) is 10.00 Å². The maximum absolute atomic E-state index is 8.43. The third-order valence-corrected chi connectivity index (χ3v) is 2.48. The maximum atomic E-state index is 8.43. The van der Waals surface area contributed by atoms with Gasteiger partial charge in [0.05, 0.1) is 6.07 Å². The van der Waals surface area contributed by atoms with Crippen molar-refractivity contribution in [3.8, 4) is 11.8 Å². The summed E-state index contributed by atoms with van der Waals surface area (Å²) in [6, 6.07) is 19.7. The van der Waals surface area contributed by atoms with Crippen LogP contribution < -0.4 is 4.74 Å². The quantitative estimate of drug-likeness (QED) is 0.755. The molecule has 0 spiro atoms. The fraction of sp³-hybridized carbons (Fsp3) is 0.0625. The molecule has 88 valence electrons. The van der Waals surface area contributed by atoms with Crippen LogP contribution in [0.15, 0.2) is 60.7 Å². The van der Waals surface area contributed by atoms with Crippen LogP contribution in [0.3, 0.4) is 0 Å². The normalized spacial score (nSPS) is 10.2. The van der Waals surface area contributed by atoms with Gasteiger partial charge in [-0.05, 0) is 29.3 Å². The summed E-state index contributed by atoms with van der Waals surface area (Å²) in [5.41, 5.74) is 2.13. The minimum Gasteiger partial charge on any atom is -0.489 e. The molecule has 2 nitrogen and oxygen atoms in total. The van der Waals surface area contributed by atoms with Gasteiger partial charge in [0.15, 0.2) is 0 Å². The van der Waals surface area contributed by atoms with Gasteiger partial charge >= 0.3 is 0 Å². The Balaban J connectivity index is 1.95. The predicted octanol–water partition coefficient (Wildman–Crippen LogP) is 3.80. The molecule has 0 heterocycles. The van der Waals surface area contributed by atoms with Gasteiger partial charge in [-0.3, -0.25) is 0 Å². The van der Waals surface area contributed by atoms with Crippen molar-refractivity contribution in [3.05, 3.63) is 71.8 Å². The molecule has 2 aromatic carbocycles. The molecular formula is C16H13NO. The van der Waals surface area contributed by atoms with Crippen LogP contribution in [0.25, 0.3) is 6.08 Å². The van der Waals surface area contributed by atoms with Crippen molar-refractivity contribution >= 4 is 6.08 Å². The van der Waals surface area contributed by atoms with Crippen LogP contribution in [0, 0.1) is 11.3 Å². The lowest BCUT2D eigenvalue weighted by Gasteiger charge is -2.06. The second kappa shape index (κ2) is 6.27. The maximum Gasteiger partial charge on any atom is 0.119 e. The third-order valence-electron chi connectivity index (χ3n) is 2.48. The number of rotatable bonds is 4. The number of ether oxygens (including phenoxy) is 1. The van der Waals surface area contributed by atoms with Crippen molar-refractivity contribution in [3.63, 3.8) is 0 Å². The number of nitrogens with zero attached hydrogens (tertiary/aromatic N) is 1. The first-order valence-corrected chi connectivity index (χ1v) is 5.71. The Hall–Kier alpha value is -2.53. The summed E-state index contributed by atoms with van der Waals surface area (Å²) in [5, 5.41) is 8.43. The van der Waals surface area contributed by atoms with Gasteiger partial charge in [-0.2, -0.15) is 5.26 Å². The zero-order chi connectivity index (χ0) is 12.6. The number of nitriles is 1. The molecule has 2 heteroatoms. The molecule has 2 rings (SSSR count). The molecule has 0 atom stereocenters. The van der Waals surface area contributed by atoms with E-state index in [1.807, 2.05) is 60.7 Å². The van der Waals surface area contributed by atoms with E-state index in [9.17, 15) is 0 Å². The Morgan fingerprint density at radius 1 is 1.00 bits per heavy atom. The smallest absolute Gasteiger partial charge is 0.119 e.